The first kappa shape index (κ1) is 24.8. The topological polar surface area (TPSA) is 136 Å². The number of sulfone groups is 1. The molecule has 3 atom stereocenters. The number of ether oxygens (including phenoxy) is 1. The quantitative estimate of drug-likeness (QED) is 0.461. The third-order valence-electron chi connectivity index (χ3n) is 7.12. The van der Waals surface area contributed by atoms with Gasteiger partial charge in [-0.2, -0.15) is 5.10 Å². The fraction of sp³-hybridized carbons (Fsp3) is 0.520. The Morgan fingerprint density at radius 1 is 1.36 bits per heavy atom. The lowest BCUT2D eigenvalue weighted by Crippen LogP contribution is -2.51. The number of anilines is 1. The number of allylic oxidation sites excluding steroid dienone is 1. The van der Waals surface area contributed by atoms with E-state index in [0.29, 0.717) is 17.4 Å². The summed E-state index contributed by atoms with van der Waals surface area (Å²) in [7, 11) is -1.90. The highest BCUT2D eigenvalue weighted by Crippen LogP contribution is 2.44. The van der Waals surface area contributed by atoms with Gasteiger partial charge in [-0.1, -0.05) is 0 Å². The predicted molar refractivity (Wildman–Crippen MR) is 140 cm³/mol. The molecule has 5 rings (SSSR count). The van der Waals surface area contributed by atoms with Gasteiger partial charge in [0.2, 0.25) is 20.7 Å². The number of nitrogens with two attached hydrogens (primary N) is 1. The highest BCUT2D eigenvalue weighted by molar-refractivity contribution is 7.92. The second-order valence-electron chi connectivity index (χ2n) is 10.3. The Bertz CT molecular complexity index is 1360. The van der Waals surface area contributed by atoms with Crippen LogP contribution in [0, 0.1) is 6.92 Å². The number of hydrogen-bond donors (Lipinski definition) is 4. The molecule has 0 spiro atoms. The molecular formula is C25H35N7O3S. The van der Waals surface area contributed by atoms with Crippen LogP contribution in [0.4, 0.5) is 5.69 Å². The molecule has 3 aliphatic heterocycles. The minimum absolute atomic E-state index is 0.00347. The van der Waals surface area contributed by atoms with Crippen LogP contribution >= 0.6 is 0 Å². The van der Waals surface area contributed by atoms with E-state index in [4.69, 9.17) is 10.5 Å². The number of fused-ring (bicyclic) bond motifs is 1. The first-order valence-electron chi connectivity index (χ1n) is 12.4. The van der Waals surface area contributed by atoms with Crippen molar-refractivity contribution in [2.24, 2.45) is 17.8 Å². The fourth-order valence-electron chi connectivity index (χ4n) is 5.35. The van der Waals surface area contributed by atoms with Crippen molar-refractivity contribution in [3.8, 4) is 5.75 Å². The highest BCUT2D eigenvalue weighted by atomic mass is 32.2. The summed E-state index contributed by atoms with van der Waals surface area (Å²) in [5.74, 6) is 0.485. The maximum atomic E-state index is 12.9. The number of aryl methyl sites for hydroxylation is 2. The lowest BCUT2D eigenvalue weighted by molar-refractivity contribution is 0.245. The molecule has 3 aliphatic rings. The summed E-state index contributed by atoms with van der Waals surface area (Å²) in [6.07, 6.45) is 6.98. The number of aliphatic imine (C=N–C) groups is 1. The second kappa shape index (κ2) is 8.89. The lowest BCUT2D eigenvalue weighted by atomic mass is 9.85. The van der Waals surface area contributed by atoms with Crippen molar-refractivity contribution in [3.05, 3.63) is 46.4 Å². The zero-order chi connectivity index (χ0) is 25.8. The van der Waals surface area contributed by atoms with Crippen LogP contribution in [0.15, 0.2) is 34.2 Å². The van der Waals surface area contributed by atoms with Crippen molar-refractivity contribution in [3.63, 3.8) is 0 Å². The predicted octanol–water partition coefficient (Wildman–Crippen LogP) is 2.01. The lowest BCUT2D eigenvalue weighted by Gasteiger charge is -2.33. The molecule has 2 aromatic rings. The Labute approximate surface area is 212 Å². The van der Waals surface area contributed by atoms with Gasteiger partial charge in [-0.25, -0.2) is 13.4 Å². The summed E-state index contributed by atoms with van der Waals surface area (Å²) in [5.41, 5.74) is 11.8. The van der Waals surface area contributed by atoms with E-state index in [1.807, 2.05) is 0 Å². The van der Waals surface area contributed by atoms with Crippen molar-refractivity contribution < 1.29 is 13.2 Å². The summed E-state index contributed by atoms with van der Waals surface area (Å²) >= 11 is 0. The molecule has 194 valence electrons. The fourth-order valence-corrected chi connectivity index (χ4v) is 6.45. The van der Waals surface area contributed by atoms with Crippen LogP contribution in [0.5, 0.6) is 5.75 Å². The Kier molecular flexibility index (Phi) is 6.12. The molecule has 1 saturated heterocycles. The summed E-state index contributed by atoms with van der Waals surface area (Å²) in [5, 5.41) is 13.5. The van der Waals surface area contributed by atoms with Crippen LogP contribution in [0.1, 0.15) is 55.4 Å². The minimum atomic E-state index is -3.59. The third-order valence-corrected chi connectivity index (χ3v) is 9.20. The number of benzene rings is 1. The standard InChI is InChI=1S/C25H35N7O3S/c1-14(2)36(33,34)24-20(13-32(5)31-24)29-21-7-9-28-25(26,30-21)19-10-15(3)22(17-6-8-27-12-17)18-11-16(4)35-23(18)19/h7,9-10,13-14,16-17,27,29-30H,6,8,11-12,26H2,1-5H3/t16-,17?,25?/m1/s1. The molecule has 0 bridgehead atoms. The zero-order valence-electron chi connectivity index (χ0n) is 21.4. The molecule has 2 unspecified atom stereocenters. The number of hydrogen-bond acceptors (Lipinski definition) is 9. The van der Waals surface area contributed by atoms with E-state index in [9.17, 15) is 8.42 Å². The smallest absolute Gasteiger partial charge is 0.213 e. The van der Waals surface area contributed by atoms with Gasteiger partial charge >= 0.3 is 0 Å². The molecule has 0 amide bonds. The highest BCUT2D eigenvalue weighted by Gasteiger charge is 2.39. The van der Waals surface area contributed by atoms with Gasteiger partial charge in [0.1, 0.15) is 17.7 Å². The third kappa shape index (κ3) is 4.18. The van der Waals surface area contributed by atoms with Crippen molar-refractivity contribution >= 4 is 21.7 Å². The molecule has 10 nitrogen and oxygen atoms in total. The maximum absolute atomic E-state index is 12.9. The molecule has 1 fully saturated rings. The normalized spacial score (nSPS) is 25.5. The van der Waals surface area contributed by atoms with Gasteiger partial charge in [0.25, 0.3) is 0 Å². The molecule has 4 heterocycles. The number of nitrogens with one attached hydrogen (secondary N) is 3. The van der Waals surface area contributed by atoms with Crippen LogP contribution in [-0.4, -0.2) is 48.9 Å². The largest absolute Gasteiger partial charge is 0.490 e. The molecule has 36 heavy (non-hydrogen) atoms. The van der Waals surface area contributed by atoms with Crippen molar-refractivity contribution in [1.29, 1.82) is 0 Å². The Hall–Kier alpha value is -2.89. The monoisotopic (exact) mass is 513 g/mol. The van der Waals surface area contributed by atoms with Gasteiger partial charge in [0.05, 0.1) is 16.5 Å². The van der Waals surface area contributed by atoms with E-state index < -0.39 is 20.9 Å². The zero-order valence-corrected chi connectivity index (χ0v) is 22.2. The summed E-state index contributed by atoms with van der Waals surface area (Å²) in [6.45, 7) is 9.46. The molecule has 1 aromatic carbocycles. The molecule has 11 heteroatoms. The second-order valence-corrected chi connectivity index (χ2v) is 12.7. The Morgan fingerprint density at radius 3 is 2.83 bits per heavy atom. The number of nitrogens with zero attached hydrogens (tertiary/aromatic N) is 3. The average Bonchev–Trinajstić information content (AvgIpc) is 3.53. The van der Waals surface area contributed by atoms with E-state index in [1.54, 1.807) is 39.4 Å². The van der Waals surface area contributed by atoms with E-state index >= 15 is 0 Å². The first-order chi connectivity index (χ1) is 17.0. The van der Waals surface area contributed by atoms with Gasteiger partial charge in [-0.05, 0) is 69.8 Å². The molecule has 0 saturated carbocycles. The first-order valence-corrected chi connectivity index (χ1v) is 14.0. The van der Waals surface area contributed by atoms with E-state index in [2.05, 4.69) is 46.0 Å². The number of rotatable bonds is 6. The summed E-state index contributed by atoms with van der Waals surface area (Å²) in [6, 6.07) is 2.08. The van der Waals surface area contributed by atoms with Crippen molar-refractivity contribution in [2.45, 2.75) is 68.6 Å². The van der Waals surface area contributed by atoms with Gasteiger partial charge < -0.3 is 20.7 Å². The molecule has 5 N–H and O–H groups in total. The molecule has 1 aromatic heterocycles. The molecule has 0 aliphatic carbocycles. The van der Waals surface area contributed by atoms with Gasteiger partial charge in [0.15, 0.2) is 0 Å². The van der Waals surface area contributed by atoms with Crippen LogP contribution in [0.25, 0.3) is 0 Å². The van der Waals surface area contributed by atoms with Crippen molar-refractivity contribution in [1.82, 2.24) is 20.4 Å². The van der Waals surface area contributed by atoms with Crippen LogP contribution in [0.2, 0.25) is 0 Å². The Balaban J connectivity index is 1.49. The van der Waals surface area contributed by atoms with Crippen LogP contribution in [-0.2, 0) is 29.1 Å². The van der Waals surface area contributed by atoms with Crippen LogP contribution < -0.4 is 26.4 Å². The maximum Gasteiger partial charge on any atom is 0.213 e. The number of aromatic nitrogens is 2. The minimum Gasteiger partial charge on any atom is -0.490 e. The van der Waals surface area contributed by atoms with Crippen LogP contribution in [0.3, 0.4) is 0 Å². The van der Waals surface area contributed by atoms with Crippen molar-refractivity contribution in [2.75, 3.05) is 18.4 Å². The van der Waals surface area contributed by atoms with Gasteiger partial charge in [-0.15, -0.1) is 0 Å². The van der Waals surface area contributed by atoms with Gasteiger partial charge in [0, 0.05) is 38.0 Å². The molecular weight excluding hydrogens is 478 g/mol. The van der Waals surface area contributed by atoms with Gasteiger partial charge in [-0.3, -0.25) is 10.4 Å². The Morgan fingerprint density at radius 2 is 2.14 bits per heavy atom. The summed E-state index contributed by atoms with van der Waals surface area (Å²) in [4.78, 5) is 4.59. The summed E-state index contributed by atoms with van der Waals surface area (Å²) < 4.78 is 33.5. The SMILES string of the molecule is Cc1cc(C2(N)N=CC=C(Nc3cn(C)nc3S(=O)(=O)C(C)C)N2)c2c(c1C1CCNC1)C[C@@H](C)O2. The van der Waals surface area contributed by atoms with E-state index in [-0.39, 0.29) is 11.1 Å². The van der Waals surface area contributed by atoms with E-state index in [1.165, 1.54) is 21.4 Å². The van der Waals surface area contributed by atoms with E-state index in [0.717, 1.165) is 37.2 Å². The molecule has 0 radical (unpaired) electrons. The average molecular weight is 514 g/mol.